The first-order valence-electron chi connectivity index (χ1n) is 6.71. The summed E-state index contributed by atoms with van der Waals surface area (Å²) in [7, 11) is 3.65. The second-order valence-electron chi connectivity index (χ2n) is 4.89. The molecule has 0 fully saturated rings. The Hall–Kier alpha value is -1.85. The van der Waals surface area contributed by atoms with Crippen LogP contribution in [0.5, 0.6) is 0 Å². The van der Waals surface area contributed by atoms with Crippen LogP contribution in [0.3, 0.4) is 0 Å². The minimum absolute atomic E-state index is 0.131. The van der Waals surface area contributed by atoms with E-state index in [9.17, 15) is 18.0 Å². The average molecular weight is 300 g/mol. The number of ketones is 1. The van der Waals surface area contributed by atoms with Crippen LogP contribution in [-0.4, -0.2) is 31.1 Å². The number of hydrogen-bond acceptors (Lipinski definition) is 3. The van der Waals surface area contributed by atoms with Crippen LogP contribution in [0.4, 0.5) is 13.2 Å². The molecule has 6 heteroatoms. The van der Waals surface area contributed by atoms with E-state index in [1.54, 1.807) is 11.2 Å². The quantitative estimate of drug-likeness (QED) is 0.330. The highest BCUT2D eigenvalue weighted by Gasteiger charge is 2.30. The number of hydrogen-bond donors (Lipinski definition) is 0. The highest BCUT2D eigenvalue weighted by atomic mass is 19.4. The van der Waals surface area contributed by atoms with Gasteiger partial charge in [-0.3, -0.25) is 4.79 Å². The molecule has 1 aromatic rings. The first kappa shape index (κ1) is 17.2. The van der Waals surface area contributed by atoms with E-state index in [1.165, 1.54) is 12.1 Å². The highest BCUT2D eigenvalue weighted by Crippen LogP contribution is 2.29. The summed E-state index contributed by atoms with van der Waals surface area (Å²) in [4.78, 5) is 11.8. The standard InChI is InChI=1S/C15H19F3N2O/c1-20(2)19-11-5-3-4-6-14(21)12-7-9-13(10-8-12)15(16,17)18/h7-11H,3-6H2,1-2H3/b19-11-. The van der Waals surface area contributed by atoms with Crippen molar-refractivity contribution in [2.24, 2.45) is 5.10 Å². The van der Waals surface area contributed by atoms with Gasteiger partial charge in [0.05, 0.1) is 5.56 Å². The molecule has 3 nitrogen and oxygen atoms in total. The zero-order valence-corrected chi connectivity index (χ0v) is 12.2. The molecular weight excluding hydrogens is 281 g/mol. The van der Waals surface area contributed by atoms with E-state index in [1.807, 2.05) is 14.1 Å². The molecule has 0 bridgehead atoms. The first-order valence-corrected chi connectivity index (χ1v) is 6.71. The predicted molar refractivity (Wildman–Crippen MR) is 76.4 cm³/mol. The smallest absolute Gasteiger partial charge is 0.303 e. The van der Waals surface area contributed by atoms with Crippen molar-refractivity contribution in [2.75, 3.05) is 14.1 Å². The number of alkyl halides is 3. The fourth-order valence-electron chi connectivity index (χ4n) is 1.73. The molecule has 0 aliphatic rings. The Morgan fingerprint density at radius 2 is 1.81 bits per heavy atom. The SMILES string of the molecule is CN(C)/N=C\CCCCC(=O)c1ccc(C(F)(F)F)cc1. The Bertz CT molecular complexity index is 479. The van der Waals surface area contributed by atoms with Crippen LogP contribution in [0, 0.1) is 0 Å². The molecule has 0 aromatic heterocycles. The summed E-state index contributed by atoms with van der Waals surface area (Å²) in [6, 6.07) is 4.35. The van der Waals surface area contributed by atoms with Gasteiger partial charge in [-0.05, 0) is 31.4 Å². The van der Waals surface area contributed by atoms with Crippen molar-refractivity contribution in [2.45, 2.75) is 31.9 Å². The number of nitrogens with zero attached hydrogens (tertiary/aromatic N) is 2. The number of benzene rings is 1. The Labute approximate surface area is 122 Å². The fraction of sp³-hybridized carbons (Fsp3) is 0.467. The van der Waals surface area contributed by atoms with Gasteiger partial charge in [0.2, 0.25) is 0 Å². The van der Waals surface area contributed by atoms with Crippen LogP contribution in [0.1, 0.15) is 41.6 Å². The molecule has 0 radical (unpaired) electrons. The van der Waals surface area contributed by atoms with Crippen LogP contribution in [0.25, 0.3) is 0 Å². The van der Waals surface area contributed by atoms with E-state index in [4.69, 9.17) is 0 Å². The predicted octanol–water partition coefficient (Wildman–Crippen LogP) is 4.00. The van der Waals surface area contributed by atoms with Crippen LogP contribution in [0.15, 0.2) is 29.4 Å². The van der Waals surface area contributed by atoms with Crippen molar-refractivity contribution in [3.05, 3.63) is 35.4 Å². The Morgan fingerprint density at radius 3 is 2.33 bits per heavy atom. The van der Waals surface area contributed by atoms with Crippen LogP contribution in [-0.2, 0) is 6.18 Å². The van der Waals surface area contributed by atoms with Gasteiger partial charge in [-0.15, -0.1) is 0 Å². The lowest BCUT2D eigenvalue weighted by Gasteiger charge is -2.07. The third-order valence-electron chi connectivity index (χ3n) is 2.83. The van der Waals surface area contributed by atoms with Crippen molar-refractivity contribution in [3.63, 3.8) is 0 Å². The van der Waals surface area contributed by atoms with Crippen LogP contribution >= 0.6 is 0 Å². The van der Waals surface area contributed by atoms with Gasteiger partial charge in [0.15, 0.2) is 5.78 Å². The second-order valence-corrected chi connectivity index (χ2v) is 4.89. The van der Waals surface area contributed by atoms with E-state index in [0.717, 1.165) is 25.0 Å². The lowest BCUT2D eigenvalue weighted by Crippen LogP contribution is -2.06. The molecule has 0 amide bonds. The molecule has 1 aromatic carbocycles. The van der Waals surface area contributed by atoms with Gasteiger partial charge in [-0.25, -0.2) is 0 Å². The summed E-state index contributed by atoms with van der Waals surface area (Å²) in [6.07, 6.45) is 0.0403. The maximum absolute atomic E-state index is 12.4. The van der Waals surface area contributed by atoms with Crippen molar-refractivity contribution in [1.82, 2.24) is 5.01 Å². The van der Waals surface area contributed by atoms with E-state index in [-0.39, 0.29) is 5.78 Å². The number of halogens is 3. The monoisotopic (exact) mass is 300 g/mol. The van der Waals surface area contributed by atoms with Crippen molar-refractivity contribution < 1.29 is 18.0 Å². The molecule has 0 heterocycles. The van der Waals surface area contributed by atoms with Gasteiger partial charge in [0, 0.05) is 32.3 Å². The highest BCUT2D eigenvalue weighted by molar-refractivity contribution is 5.96. The summed E-state index contributed by atoms with van der Waals surface area (Å²) < 4.78 is 37.2. The Morgan fingerprint density at radius 1 is 1.19 bits per heavy atom. The van der Waals surface area contributed by atoms with Gasteiger partial charge >= 0.3 is 6.18 Å². The third kappa shape index (κ3) is 6.42. The van der Waals surface area contributed by atoms with E-state index >= 15 is 0 Å². The van der Waals surface area contributed by atoms with Crippen LogP contribution < -0.4 is 0 Å². The fourth-order valence-corrected chi connectivity index (χ4v) is 1.73. The molecule has 0 spiro atoms. The number of unbranched alkanes of at least 4 members (excludes halogenated alkanes) is 2. The maximum atomic E-state index is 12.4. The topological polar surface area (TPSA) is 32.7 Å². The van der Waals surface area contributed by atoms with E-state index in [0.29, 0.717) is 18.4 Å². The second kappa shape index (κ2) is 7.81. The molecule has 0 aliphatic carbocycles. The molecule has 0 saturated heterocycles. The van der Waals surface area contributed by atoms with Gasteiger partial charge in [0.1, 0.15) is 0 Å². The molecule has 0 saturated carbocycles. The molecule has 0 N–H and O–H groups in total. The van der Waals surface area contributed by atoms with Gasteiger partial charge in [0.25, 0.3) is 0 Å². The van der Waals surface area contributed by atoms with E-state index in [2.05, 4.69) is 5.10 Å². The average Bonchev–Trinajstić information content (AvgIpc) is 2.41. The molecular formula is C15H19F3N2O. The molecule has 116 valence electrons. The molecule has 21 heavy (non-hydrogen) atoms. The summed E-state index contributed by atoms with van der Waals surface area (Å²) in [6.45, 7) is 0. The van der Waals surface area contributed by atoms with E-state index < -0.39 is 11.7 Å². The van der Waals surface area contributed by atoms with Crippen molar-refractivity contribution >= 4 is 12.0 Å². The minimum Gasteiger partial charge on any atom is -0.303 e. The Kier molecular flexibility index (Phi) is 6.39. The number of rotatable bonds is 7. The molecule has 0 atom stereocenters. The number of carbonyl (C=O) groups excluding carboxylic acids is 1. The normalized spacial score (nSPS) is 11.9. The van der Waals surface area contributed by atoms with Gasteiger partial charge < -0.3 is 5.01 Å². The van der Waals surface area contributed by atoms with Gasteiger partial charge in [-0.2, -0.15) is 18.3 Å². The minimum atomic E-state index is -4.37. The molecule has 0 aliphatic heterocycles. The summed E-state index contributed by atoms with van der Waals surface area (Å²) in [5.41, 5.74) is -0.413. The zero-order chi connectivity index (χ0) is 15.9. The molecule has 1 rings (SSSR count). The Balaban J connectivity index is 2.39. The number of Topliss-reactive ketones (excluding diaryl/α,β-unsaturated/α-hetero) is 1. The summed E-state index contributed by atoms with van der Waals surface area (Å²) in [5.74, 6) is -0.131. The number of carbonyl (C=O) groups is 1. The zero-order valence-electron chi connectivity index (χ0n) is 12.2. The van der Waals surface area contributed by atoms with Crippen LogP contribution in [0.2, 0.25) is 0 Å². The lowest BCUT2D eigenvalue weighted by molar-refractivity contribution is -0.137. The largest absolute Gasteiger partial charge is 0.416 e. The van der Waals surface area contributed by atoms with Crippen molar-refractivity contribution in [1.29, 1.82) is 0 Å². The summed E-state index contributed by atoms with van der Waals surface area (Å²) in [5, 5.41) is 5.74. The lowest BCUT2D eigenvalue weighted by atomic mass is 10.0. The molecule has 0 unspecified atom stereocenters. The third-order valence-corrected chi connectivity index (χ3v) is 2.83. The van der Waals surface area contributed by atoms with Gasteiger partial charge in [-0.1, -0.05) is 12.1 Å². The van der Waals surface area contributed by atoms with Crippen molar-refractivity contribution in [3.8, 4) is 0 Å². The maximum Gasteiger partial charge on any atom is 0.416 e. The summed E-state index contributed by atoms with van der Waals surface area (Å²) >= 11 is 0. The first-order chi connectivity index (χ1) is 9.80. The number of hydrazone groups is 1.